The average molecular weight is 289 g/mol. The molecule has 0 fully saturated rings. The second-order valence-corrected chi connectivity index (χ2v) is 4.89. The van der Waals surface area contributed by atoms with E-state index in [1.54, 1.807) is 22.8 Å². The summed E-state index contributed by atoms with van der Waals surface area (Å²) in [7, 11) is 0. The van der Waals surface area contributed by atoms with Crippen LogP contribution in [0.15, 0.2) is 42.5 Å². The van der Waals surface area contributed by atoms with Crippen LogP contribution in [0.3, 0.4) is 0 Å². The molecule has 0 aliphatic rings. The number of fused-ring (bicyclic) bond motifs is 3. The molecule has 0 unspecified atom stereocenters. The molecule has 0 bridgehead atoms. The predicted octanol–water partition coefficient (Wildman–Crippen LogP) is 3.97. The fraction of sp³-hybridized carbons (Fsp3) is 0.188. The molecule has 0 amide bonds. The first kappa shape index (κ1) is 13.5. The summed E-state index contributed by atoms with van der Waals surface area (Å²) in [6.07, 6.45) is 0. The van der Waals surface area contributed by atoms with Gasteiger partial charge in [0.1, 0.15) is 13.3 Å². The highest BCUT2D eigenvalue weighted by atomic mass is 19.1. The Morgan fingerprint density at radius 2 is 1.71 bits per heavy atom. The first-order chi connectivity index (χ1) is 10.2. The molecule has 1 N–H and O–H groups in total. The number of hydrogen-bond donors (Lipinski definition) is 1. The Labute approximate surface area is 119 Å². The van der Waals surface area contributed by atoms with Crippen LogP contribution in [0.4, 0.5) is 8.78 Å². The van der Waals surface area contributed by atoms with Crippen molar-refractivity contribution in [2.24, 2.45) is 0 Å². The van der Waals surface area contributed by atoms with Crippen molar-refractivity contribution in [2.45, 2.75) is 6.04 Å². The minimum absolute atomic E-state index is 0.100. The predicted molar refractivity (Wildman–Crippen MR) is 77.4 cm³/mol. The standard InChI is InChI=1S/C16H13F2NO2/c17-8-11(9-18)19-14-4-2-1-3-12(14)13-6-5-10(16(20)21)7-15(13)19/h1-7,11H,8-9H2,(H,20,21). The highest BCUT2D eigenvalue weighted by Gasteiger charge is 2.19. The van der Waals surface area contributed by atoms with Crippen LogP contribution in [-0.4, -0.2) is 29.0 Å². The summed E-state index contributed by atoms with van der Waals surface area (Å²) in [5, 5.41) is 10.8. The van der Waals surface area contributed by atoms with Gasteiger partial charge in [0.25, 0.3) is 0 Å². The number of aromatic carboxylic acids is 1. The van der Waals surface area contributed by atoms with Crippen molar-refractivity contribution in [1.82, 2.24) is 4.57 Å². The topological polar surface area (TPSA) is 42.2 Å². The molecule has 1 heterocycles. The number of aromatic nitrogens is 1. The summed E-state index contributed by atoms with van der Waals surface area (Å²) in [6.45, 7) is -1.69. The summed E-state index contributed by atoms with van der Waals surface area (Å²) >= 11 is 0. The fourth-order valence-electron chi connectivity index (χ4n) is 2.71. The highest BCUT2D eigenvalue weighted by Crippen LogP contribution is 2.32. The number of carboxylic acid groups (broad SMARTS) is 1. The van der Waals surface area contributed by atoms with Crippen molar-refractivity contribution in [3.8, 4) is 0 Å². The van der Waals surface area contributed by atoms with E-state index < -0.39 is 25.4 Å². The molecule has 1 aromatic heterocycles. The first-order valence-corrected chi connectivity index (χ1v) is 6.55. The third-order valence-corrected chi connectivity index (χ3v) is 3.68. The Kier molecular flexibility index (Phi) is 3.33. The molecule has 108 valence electrons. The van der Waals surface area contributed by atoms with Crippen LogP contribution in [0, 0.1) is 0 Å². The van der Waals surface area contributed by atoms with E-state index in [0.29, 0.717) is 11.0 Å². The van der Waals surface area contributed by atoms with Gasteiger partial charge in [-0.2, -0.15) is 0 Å². The van der Waals surface area contributed by atoms with Crippen LogP contribution in [0.5, 0.6) is 0 Å². The number of carbonyl (C=O) groups is 1. The Bertz CT molecular complexity index is 822. The van der Waals surface area contributed by atoms with Crippen LogP contribution in [-0.2, 0) is 0 Å². The number of carboxylic acids is 1. The maximum atomic E-state index is 13.2. The summed E-state index contributed by atoms with van der Waals surface area (Å²) < 4.78 is 27.9. The van der Waals surface area contributed by atoms with Crippen LogP contribution < -0.4 is 0 Å². The molecule has 2 aromatic carbocycles. The van der Waals surface area contributed by atoms with Crippen molar-refractivity contribution >= 4 is 27.8 Å². The average Bonchev–Trinajstić information content (AvgIpc) is 2.83. The van der Waals surface area contributed by atoms with E-state index in [2.05, 4.69) is 0 Å². The van der Waals surface area contributed by atoms with E-state index in [1.807, 2.05) is 12.1 Å². The second kappa shape index (κ2) is 5.16. The quantitative estimate of drug-likeness (QED) is 0.789. The lowest BCUT2D eigenvalue weighted by Gasteiger charge is -2.14. The van der Waals surface area contributed by atoms with Crippen molar-refractivity contribution in [2.75, 3.05) is 13.3 Å². The molecule has 0 saturated heterocycles. The van der Waals surface area contributed by atoms with Gasteiger partial charge in [-0.1, -0.05) is 24.3 Å². The molecule has 0 spiro atoms. The Morgan fingerprint density at radius 1 is 1.05 bits per heavy atom. The monoisotopic (exact) mass is 289 g/mol. The van der Waals surface area contributed by atoms with Crippen molar-refractivity contribution < 1.29 is 18.7 Å². The zero-order chi connectivity index (χ0) is 15.0. The van der Waals surface area contributed by atoms with Gasteiger partial charge in [0.05, 0.1) is 17.1 Å². The van der Waals surface area contributed by atoms with Gasteiger partial charge in [-0.25, -0.2) is 13.6 Å². The smallest absolute Gasteiger partial charge is 0.335 e. The van der Waals surface area contributed by atoms with Crippen molar-refractivity contribution in [3.63, 3.8) is 0 Å². The normalized spacial score (nSPS) is 11.6. The maximum absolute atomic E-state index is 13.2. The number of halogens is 2. The minimum Gasteiger partial charge on any atom is -0.478 e. The number of para-hydroxylation sites is 1. The van der Waals surface area contributed by atoms with Gasteiger partial charge >= 0.3 is 5.97 Å². The van der Waals surface area contributed by atoms with Gasteiger partial charge in [0.15, 0.2) is 0 Å². The number of nitrogens with zero attached hydrogens (tertiary/aromatic N) is 1. The maximum Gasteiger partial charge on any atom is 0.335 e. The SMILES string of the molecule is O=C(O)c1ccc2c3ccccc3n(C(CF)CF)c2c1. The van der Waals surface area contributed by atoms with Crippen molar-refractivity contribution in [3.05, 3.63) is 48.0 Å². The minimum atomic E-state index is -1.06. The third kappa shape index (κ3) is 2.05. The molecule has 3 aromatic rings. The molecular weight excluding hydrogens is 276 g/mol. The molecule has 0 aliphatic heterocycles. The van der Waals surface area contributed by atoms with E-state index in [-0.39, 0.29) is 5.56 Å². The van der Waals surface area contributed by atoms with Gasteiger partial charge < -0.3 is 9.67 Å². The highest BCUT2D eigenvalue weighted by molar-refractivity contribution is 6.09. The Morgan fingerprint density at radius 3 is 2.38 bits per heavy atom. The Balaban J connectivity index is 2.43. The lowest BCUT2D eigenvalue weighted by molar-refractivity contribution is 0.0697. The largest absolute Gasteiger partial charge is 0.478 e. The van der Waals surface area contributed by atoms with Crippen molar-refractivity contribution in [1.29, 1.82) is 0 Å². The van der Waals surface area contributed by atoms with E-state index in [1.165, 1.54) is 12.1 Å². The molecule has 0 aliphatic carbocycles. The van der Waals surface area contributed by atoms with Gasteiger partial charge in [0.2, 0.25) is 0 Å². The van der Waals surface area contributed by atoms with E-state index in [9.17, 15) is 13.6 Å². The van der Waals surface area contributed by atoms with Gasteiger partial charge in [0, 0.05) is 16.3 Å². The van der Waals surface area contributed by atoms with E-state index in [0.717, 1.165) is 10.8 Å². The number of rotatable bonds is 4. The van der Waals surface area contributed by atoms with Gasteiger partial charge in [-0.05, 0) is 18.2 Å². The molecule has 0 atom stereocenters. The van der Waals surface area contributed by atoms with E-state index in [4.69, 9.17) is 5.11 Å². The number of alkyl halides is 2. The zero-order valence-electron chi connectivity index (χ0n) is 11.1. The van der Waals surface area contributed by atoms with Crippen LogP contribution in [0.2, 0.25) is 0 Å². The second-order valence-electron chi connectivity index (χ2n) is 4.89. The van der Waals surface area contributed by atoms with Gasteiger partial charge in [-0.3, -0.25) is 0 Å². The summed E-state index contributed by atoms with van der Waals surface area (Å²) in [6, 6.07) is 11.0. The summed E-state index contributed by atoms with van der Waals surface area (Å²) in [4.78, 5) is 11.1. The molecule has 0 radical (unpaired) electrons. The van der Waals surface area contributed by atoms with Crippen LogP contribution in [0.25, 0.3) is 21.8 Å². The molecule has 21 heavy (non-hydrogen) atoms. The summed E-state index contributed by atoms with van der Waals surface area (Å²) in [5.74, 6) is -1.06. The lowest BCUT2D eigenvalue weighted by atomic mass is 10.1. The number of benzene rings is 2. The van der Waals surface area contributed by atoms with Gasteiger partial charge in [-0.15, -0.1) is 0 Å². The zero-order valence-corrected chi connectivity index (χ0v) is 11.1. The number of hydrogen-bond acceptors (Lipinski definition) is 1. The first-order valence-electron chi connectivity index (χ1n) is 6.55. The lowest BCUT2D eigenvalue weighted by Crippen LogP contribution is -2.13. The third-order valence-electron chi connectivity index (χ3n) is 3.68. The van der Waals surface area contributed by atoms with Crippen LogP contribution >= 0.6 is 0 Å². The molecule has 5 heteroatoms. The Hall–Kier alpha value is -2.43. The molecule has 3 rings (SSSR count). The molecule has 3 nitrogen and oxygen atoms in total. The van der Waals surface area contributed by atoms with E-state index >= 15 is 0 Å². The summed E-state index contributed by atoms with van der Waals surface area (Å²) in [5.41, 5.74) is 1.34. The fourth-order valence-corrected chi connectivity index (χ4v) is 2.71. The molecule has 0 saturated carbocycles. The van der Waals surface area contributed by atoms with Crippen LogP contribution in [0.1, 0.15) is 16.4 Å². The molecular formula is C16H13F2NO2.